The normalized spacial score (nSPS) is 10.2. The van der Waals surface area contributed by atoms with E-state index in [2.05, 4.69) is 0 Å². The molecule has 4 nitrogen and oxygen atoms in total. The molecule has 0 saturated heterocycles. The minimum atomic E-state index is -0.0713. The summed E-state index contributed by atoms with van der Waals surface area (Å²) >= 11 is 5.82. The van der Waals surface area contributed by atoms with Crippen molar-refractivity contribution in [1.29, 1.82) is 0 Å². The lowest BCUT2D eigenvalue weighted by Crippen LogP contribution is -2.22. The summed E-state index contributed by atoms with van der Waals surface area (Å²) in [7, 11) is 3.44. The topological polar surface area (TPSA) is 38.8 Å². The maximum atomic E-state index is 12.1. The number of benzene rings is 2. The highest BCUT2D eigenvalue weighted by Crippen LogP contribution is 2.19. The Balaban J connectivity index is 1.80. The highest BCUT2D eigenvalue weighted by atomic mass is 35.5. The van der Waals surface area contributed by atoms with E-state index in [9.17, 15) is 4.79 Å². The molecule has 0 heterocycles. The average Bonchev–Trinajstić information content (AvgIpc) is 2.56. The lowest BCUT2D eigenvalue weighted by molar-refractivity contribution is 0.0823. The smallest absolute Gasteiger partial charge is 0.257 e. The van der Waals surface area contributed by atoms with Crippen molar-refractivity contribution in [3.05, 3.63) is 59.1 Å². The van der Waals surface area contributed by atoms with Crippen LogP contribution in [0, 0.1) is 0 Å². The van der Waals surface area contributed by atoms with E-state index in [0.29, 0.717) is 36.0 Å². The fraction of sp³-hybridized carbons (Fsp3) is 0.278. The molecular weight excluding hydrogens is 314 g/mol. The summed E-state index contributed by atoms with van der Waals surface area (Å²) in [4.78, 5) is 13.6. The molecule has 0 atom stereocenters. The van der Waals surface area contributed by atoms with Crippen LogP contribution in [0.3, 0.4) is 0 Å². The predicted molar refractivity (Wildman–Crippen MR) is 91.5 cm³/mol. The maximum Gasteiger partial charge on any atom is 0.257 e. The fourth-order valence-corrected chi connectivity index (χ4v) is 2.10. The molecule has 0 aliphatic heterocycles. The number of hydrogen-bond donors (Lipinski definition) is 0. The Labute approximate surface area is 141 Å². The molecule has 122 valence electrons. The Kier molecular flexibility index (Phi) is 6.29. The van der Waals surface area contributed by atoms with Crippen LogP contribution in [0.1, 0.15) is 16.8 Å². The van der Waals surface area contributed by atoms with Gasteiger partial charge < -0.3 is 14.4 Å². The van der Waals surface area contributed by atoms with E-state index in [1.807, 2.05) is 24.3 Å². The van der Waals surface area contributed by atoms with Crippen molar-refractivity contribution in [2.75, 3.05) is 27.3 Å². The van der Waals surface area contributed by atoms with E-state index >= 15 is 0 Å². The van der Waals surface area contributed by atoms with Crippen LogP contribution in [-0.4, -0.2) is 38.1 Å². The molecule has 2 rings (SSSR count). The van der Waals surface area contributed by atoms with Gasteiger partial charge in [-0.05, 0) is 36.4 Å². The number of hydrogen-bond acceptors (Lipinski definition) is 3. The second kappa shape index (κ2) is 8.44. The van der Waals surface area contributed by atoms with Crippen molar-refractivity contribution in [3.8, 4) is 11.5 Å². The second-order valence-corrected chi connectivity index (χ2v) is 5.64. The van der Waals surface area contributed by atoms with Gasteiger partial charge in [0.05, 0.1) is 18.8 Å². The molecule has 23 heavy (non-hydrogen) atoms. The van der Waals surface area contributed by atoms with E-state index in [-0.39, 0.29) is 5.91 Å². The summed E-state index contributed by atoms with van der Waals surface area (Å²) in [6, 6.07) is 14.5. The summed E-state index contributed by atoms with van der Waals surface area (Å²) in [6.07, 6.45) is 0.715. The molecule has 2 aromatic carbocycles. The molecule has 0 unspecified atom stereocenters. The first-order valence-corrected chi connectivity index (χ1v) is 7.77. The van der Waals surface area contributed by atoms with Gasteiger partial charge in [-0.25, -0.2) is 0 Å². The lowest BCUT2D eigenvalue weighted by atomic mass is 10.2. The molecule has 5 heteroatoms. The third-order valence-electron chi connectivity index (χ3n) is 3.15. The lowest BCUT2D eigenvalue weighted by Gasteiger charge is -2.14. The summed E-state index contributed by atoms with van der Waals surface area (Å²) in [5, 5.41) is 0.683. The number of nitrogens with zero attached hydrogens (tertiary/aromatic N) is 1. The van der Waals surface area contributed by atoms with Gasteiger partial charge >= 0.3 is 0 Å². The first-order valence-electron chi connectivity index (χ1n) is 7.40. The van der Waals surface area contributed by atoms with E-state index in [0.717, 1.165) is 5.75 Å². The fourth-order valence-electron chi connectivity index (χ4n) is 1.97. The summed E-state index contributed by atoms with van der Waals surface area (Å²) in [5.41, 5.74) is 0.566. The van der Waals surface area contributed by atoms with Crippen molar-refractivity contribution in [2.45, 2.75) is 6.42 Å². The van der Waals surface area contributed by atoms with Gasteiger partial charge in [0.15, 0.2) is 0 Å². The van der Waals surface area contributed by atoms with Crippen LogP contribution in [0.25, 0.3) is 0 Å². The van der Waals surface area contributed by atoms with E-state index in [4.69, 9.17) is 21.1 Å². The molecule has 0 bridgehead atoms. The quantitative estimate of drug-likeness (QED) is 0.721. The summed E-state index contributed by atoms with van der Waals surface area (Å²) in [6.45, 7) is 1.01. The molecule has 0 fully saturated rings. The molecule has 0 N–H and O–H groups in total. The third kappa shape index (κ3) is 5.18. The number of rotatable bonds is 7. The van der Waals surface area contributed by atoms with Gasteiger partial charge in [-0.15, -0.1) is 0 Å². The van der Waals surface area contributed by atoms with Gasteiger partial charge in [0.2, 0.25) is 0 Å². The highest BCUT2D eigenvalue weighted by Gasteiger charge is 2.13. The molecule has 0 saturated carbocycles. The van der Waals surface area contributed by atoms with Crippen molar-refractivity contribution in [1.82, 2.24) is 4.90 Å². The number of ether oxygens (including phenoxy) is 2. The molecular formula is C18H20ClNO3. The van der Waals surface area contributed by atoms with Gasteiger partial charge in [0.1, 0.15) is 11.5 Å². The molecule has 0 aromatic heterocycles. The largest absolute Gasteiger partial charge is 0.493 e. The van der Waals surface area contributed by atoms with E-state index in [1.54, 1.807) is 38.4 Å². The summed E-state index contributed by atoms with van der Waals surface area (Å²) < 4.78 is 11.3. The average molecular weight is 334 g/mol. The van der Waals surface area contributed by atoms with Gasteiger partial charge in [0.25, 0.3) is 5.91 Å². The number of carbonyl (C=O) groups excluding carboxylic acids is 1. The highest BCUT2D eigenvalue weighted by molar-refractivity contribution is 6.30. The monoisotopic (exact) mass is 333 g/mol. The van der Waals surface area contributed by atoms with Crippen molar-refractivity contribution in [3.63, 3.8) is 0 Å². The van der Waals surface area contributed by atoms with Gasteiger partial charge in [-0.2, -0.15) is 0 Å². The third-order valence-corrected chi connectivity index (χ3v) is 3.40. The van der Waals surface area contributed by atoms with Crippen LogP contribution in [0.4, 0.5) is 0 Å². The molecule has 1 amide bonds. The summed E-state index contributed by atoms with van der Waals surface area (Å²) in [5.74, 6) is 1.30. The molecule has 2 aromatic rings. The van der Waals surface area contributed by atoms with E-state index < -0.39 is 0 Å². The van der Waals surface area contributed by atoms with Crippen LogP contribution in [-0.2, 0) is 0 Å². The van der Waals surface area contributed by atoms with Crippen LogP contribution < -0.4 is 9.47 Å². The molecule has 0 spiro atoms. The van der Waals surface area contributed by atoms with Crippen molar-refractivity contribution in [2.24, 2.45) is 0 Å². The number of para-hydroxylation sites is 1. The molecule has 0 radical (unpaired) electrons. The van der Waals surface area contributed by atoms with Crippen LogP contribution in [0.15, 0.2) is 48.5 Å². The Hall–Kier alpha value is -2.20. The second-order valence-electron chi connectivity index (χ2n) is 5.20. The number of halogens is 1. The Bertz CT molecular complexity index is 641. The first kappa shape index (κ1) is 17.2. The van der Waals surface area contributed by atoms with Gasteiger partial charge in [0, 0.05) is 25.5 Å². The minimum Gasteiger partial charge on any atom is -0.493 e. The van der Waals surface area contributed by atoms with Crippen LogP contribution in [0.2, 0.25) is 5.02 Å². The van der Waals surface area contributed by atoms with Crippen molar-refractivity contribution < 1.29 is 14.3 Å². The number of amides is 1. The Morgan fingerprint density at radius 3 is 2.35 bits per heavy atom. The Morgan fingerprint density at radius 1 is 1.00 bits per heavy atom. The standard InChI is InChI=1S/C18H20ClNO3/c1-20(2)18(21)16-6-3-4-7-17(16)23-13-5-12-22-15-10-8-14(19)9-11-15/h3-4,6-11H,5,12-13H2,1-2H3. The first-order chi connectivity index (χ1) is 11.1. The predicted octanol–water partition coefficient (Wildman–Crippen LogP) is 3.89. The van der Waals surface area contributed by atoms with Gasteiger partial charge in [-0.1, -0.05) is 23.7 Å². The zero-order valence-corrected chi connectivity index (χ0v) is 14.0. The zero-order valence-electron chi connectivity index (χ0n) is 13.3. The number of carbonyl (C=O) groups is 1. The van der Waals surface area contributed by atoms with Crippen LogP contribution in [0.5, 0.6) is 11.5 Å². The SMILES string of the molecule is CN(C)C(=O)c1ccccc1OCCCOc1ccc(Cl)cc1. The Morgan fingerprint density at radius 2 is 1.65 bits per heavy atom. The maximum absolute atomic E-state index is 12.1. The zero-order chi connectivity index (χ0) is 16.7. The van der Waals surface area contributed by atoms with Crippen LogP contribution >= 0.6 is 11.6 Å². The van der Waals surface area contributed by atoms with Gasteiger partial charge in [-0.3, -0.25) is 4.79 Å². The van der Waals surface area contributed by atoms with Crippen molar-refractivity contribution >= 4 is 17.5 Å². The molecule has 0 aliphatic rings. The minimum absolute atomic E-state index is 0.0713. The molecule has 0 aliphatic carbocycles. The van der Waals surface area contributed by atoms with E-state index in [1.165, 1.54) is 4.90 Å².